The van der Waals surface area contributed by atoms with Crippen molar-refractivity contribution in [2.45, 2.75) is 27.3 Å². The zero-order chi connectivity index (χ0) is 25.3. The number of benzene rings is 2. The molecule has 0 aliphatic carbocycles. The summed E-state index contributed by atoms with van der Waals surface area (Å²) in [6, 6.07) is 15.8. The van der Waals surface area contributed by atoms with E-state index in [4.69, 9.17) is 9.47 Å². The van der Waals surface area contributed by atoms with Crippen LogP contribution in [0, 0.1) is 19.7 Å². The lowest BCUT2D eigenvalue weighted by atomic mass is 10.0. The van der Waals surface area contributed by atoms with Crippen LogP contribution in [0.1, 0.15) is 29.4 Å². The lowest BCUT2D eigenvalue weighted by Crippen LogP contribution is -2.24. The first-order valence-corrected chi connectivity index (χ1v) is 11.2. The number of hydrogen-bond acceptors (Lipinski definition) is 4. The maximum atomic E-state index is 14.5. The van der Waals surface area contributed by atoms with Crippen LogP contribution in [0.5, 0.6) is 5.75 Å². The number of amides is 1. The maximum Gasteiger partial charge on any atom is 0.340 e. The Labute approximate surface area is 203 Å². The minimum Gasteiger partial charge on any atom is -0.497 e. The molecule has 1 aliphatic rings. The fourth-order valence-corrected chi connectivity index (χ4v) is 4.43. The molecule has 2 aromatic carbocycles. The highest BCUT2D eigenvalue weighted by Gasteiger charge is 2.37. The number of hydrogen-bond donors (Lipinski definition) is 0. The predicted octanol–water partition coefficient (Wildman–Crippen LogP) is 5.11. The summed E-state index contributed by atoms with van der Waals surface area (Å²) in [6.07, 6.45) is 1.69. The number of allylic oxidation sites excluding steroid dienone is 1. The Morgan fingerprint density at radius 2 is 1.71 bits per heavy atom. The van der Waals surface area contributed by atoms with E-state index in [1.807, 2.05) is 44.2 Å². The molecule has 1 aliphatic heterocycles. The summed E-state index contributed by atoms with van der Waals surface area (Å²) in [5.74, 6) is -0.506. The van der Waals surface area contributed by atoms with E-state index < -0.39 is 5.97 Å². The summed E-state index contributed by atoms with van der Waals surface area (Å²) in [6.45, 7) is 5.75. The van der Waals surface area contributed by atoms with Crippen molar-refractivity contribution in [2.75, 3.05) is 14.2 Å². The normalized spacial score (nSPS) is 14.7. The number of carbonyl (C=O) groups is 2. The Kier molecular flexibility index (Phi) is 6.60. The van der Waals surface area contributed by atoms with Crippen LogP contribution in [0.25, 0.3) is 11.8 Å². The van der Waals surface area contributed by atoms with Crippen LogP contribution in [0.4, 0.5) is 4.39 Å². The second kappa shape index (κ2) is 9.62. The van der Waals surface area contributed by atoms with Gasteiger partial charge in [-0.25, -0.2) is 9.18 Å². The third-order valence-electron chi connectivity index (χ3n) is 6.26. The summed E-state index contributed by atoms with van der Waals surface area (Å²) in [7, 11) is 2.88. The third-order valence-corrected chi connectivity index (χ3v) is 6.26. The number of carbonyl (C=O) groups excluding carboxylic acids is 2. The molecule has 0 radical (unpaired) electrons. The van der Waals surface area contributed by atoms with E-state index in [9.17, 15) is 14.0 Å². The van der Waals surface area contributed by atoms with Crippen molar-refractivity contribution in [1.82, 2.24) is 9.47 Å². The smallest absolute Gasteiger partial charge is 0.340 e. The van der Waals surface area contributed by atoms with Gasteiger partial charge in [0.2, 0.25) is 0 Å². The van der Waals surface area contributed by atoms with E-state index >= 15 is 0 Å². The minimum atomic E-state index is -0.581. The largest absolute Gasteiger partial charge is 0.497 e. The second-order valence-corrected chi connectivity index (χ2v) is 8.36. The molecule has 0 atom stereocenters. The van der Waals surface area contributed by atoms with Crippen LogP contribution >= 0.6 is 0 Å². The Hall–Kier alpha value is -4.13. The number of nitrogens with zero attached hydrogens (tertiary/aromatic N) is 2. The van der Waals surface area contributed by atoms with Gasteiger partial charge in [0.15, 0.2) is 0 Å². The molecular formula is C28H27FN2O4. The van der Waals surface area contributed by atoms with Crippen molar-refractivity contribution in [2.24, 2.45) is 0 Å². The van der Waals surface area contributed by atoms with Crippen LogP contribution in [0.2, 0.25) is 0 Å². The number of rotatable bonds is 6. The van der Waals surface area contributed by atoms with Crippen LogP contribution in [-0.4, -0.2) is 35.6 Å². The molecule has 35 heavy (non-hydrogen) atoms. The van der Waals surface area contributed by atoms with Crippen molar-refractivity contribution < 1.29 is 23.5 Å². The first kappa shape index (κ1) is 24.0. The van der Waals surface area contributed by atoms with E-state index in [1.165, 1.54) is 13.2 Å². The van der Waals surface area contributed by atoms with Crippen LogP contribution < -0.4 is 4.74 Å². The summed E-state index contributed by atoms with van der Waals surface area (Å²) in [4.78, 5) is 27.8. The van der Waals surface area contributed by atoms with E-state index in [2.05, 4.69) is 0 Å². The first-order valence-electron chi connectivity index (χ1n) is 11.2. The summed E-state index contributed by atoms with van der Waals surface area (Å²) in [5, 5.41) is 0. The molecule has 0 unspecified atom stereocenters. The molecule has 3 aromatic rings. The molecule has 2 heterocycles. The van der Waals surface area contributed by atoms with Gasteiger partial charge < -0.3 is 18.9 Å². The highest BCUT2D eigenvalue weighted by molar-refractivity contribution is 6.16. The van der Waals surface area contributed by atoms with E-state index in [0.29, 0.717) is 17.9 Å². The number of esters is 1. The molecule has 0 saturated heterocycles. The van der Waals surface area contributed by atoms with E-state index in [1.54, 1.807) is 47.8 Å². The van der Waals surface area contributed by atoms with Crippen molar-refractivity contribution >= 4 is 18.0 Å². The molecule has 180 valence electrons. The van der Waals surface area contributed by atoms with Crippen molar-refractivity contribution in [1.29, 1.82) is 0 Å². The molecule has 4 rings (SSSR count). The van der Waals surface area contributed by atoms with E-state index in [0.717, 1.165) is 28.3 Å². The van der Waals surface area contributed by atoms with Gasteiger partial charge in [0.05, 0.1) is 37.6 Å². The number of halogens is 1. The fourth-order valence-electron chi connectivity index (χ4n) is 4.43. The number of ether oxygens (including phenoxy) is 2. The van der Waals surface area contributed by atoms with Gasteiger partial charge in [-0.2, -0.15) is 0 Å². The first-order chi connectivity index (χ1) is 16.8. The zero-order valence-corrected chi connectivity index (χ0v) is 20.4. The van der Waals surface area contributed by atoms with Gasteiger partial charge in [-0.3, -0.25) is 4.79 Å². The lowest BCUT2D eigenvalue weighted by molar-refractivity contribution is -0.136. The number of aromatic nitrogens is 1. The quantitative estimate of drug-likeness (QED) is 0.368. The predicted molar refractivity (Wildman–Crippen MR) is 131 cm³/mol. The van der Waals surface area contributed by atoms with Gasteiger partial charge in [-0.1, -0.05) is 24.3 Å². The average Bonchev–Trinajstić information content (AvgIpc) is 3.26. The van der Waals surface area contributed by atoms with Crippen LogP contribution in [0.15, 0.2) is 71.4 Å². The van der Waals surface area contributed by atoms with Crippen molar-refractivity contribution in [3.8, 4) is 11.4 Å². The van der Waals surface area contributed by atoms with E-state index in [-0.39, 0.29) is 22.9 Å². The Morgan fingerprint density at radius 3 is 2.34 bits per heavy atom. The monoisotopic (exact) mass is 474 g/mol. The maximum absolute atomic E-state index is 14.5. The van der Waals surface area contributed by atoms with Gasteiger partial charge in [0.25, 0.3) is 5.91 Å². The summed E-state index contributed by atoms with van der Waals surface area (Å²) in [5.41, 5.74) is 4.58. The highest BCUT2D eigenvalue weighted by atomic mass is 19.1. The summed E-state index contributed by atoms with van der Waals surface area (Å²) >= 11 is 0. The molecular weight excluding hydrogens is 447 g/mol. The average molecular weight is 475 g/mol. The standard InChI is InChI=1S/C28H27FN2O4/c1-17-14-21(18(2)31(17)25-9-7-6-8-24(25)29)15-23-26(28(33)35-5)19(3)30(27(23)32)16-20-10-12-22(34-4)13-11-20/h6-15H,16H2,1-5H3/b23-15+. The Bertz CT molecular complexity index is 1370. The van der Waals surface area contributed by atoms with Gasteiger partial charge in [-0.05, 0) is 68.3 Å². The highest BCUT2D eigenvalue weighted by Crippen LogP contribution is 2.34. The summed E-state index contributed by atoms with van der Waals surface area (Å²) < 4.78 is 26.5. The van der Waals surface area contributed by atoms with Gasteiger partial charge >= 0.3 is 5.97 Å². The number of aryl methyl sites for hydroxylation is 1. The Balaban J connectivity index is 1.76. The molecule has 0 N–H and O–H groups in total. The topological polar surface area (TPSA) is 60.8 Å². The van der Waals surface area contributed by atoms with Crippen molar-refractivity contribution in [3.05, 3.63) is 99.8 Å². The van der Waals surface area contributed by atoms with Gasteiger partial charge in [0.1, 0.15) is 11.6 Å². The van der Waals surface area contributed by atoms with Crippen LogP contribution in [-0.2, 0) is 20.9 Å². The molecule has 0 fully saturated rings. The second-order valence-electron chi connectivity index (χ2n) is 8.36. The fraction of sp³-hybridized carbons (Fsp3) is 0.214. The molecule has 1 aromatic heterocycles. The zero-order valence-electron chi connectivity index (χ0n) is 20.4. The molecule has 0 spiro atoms. The molecule has 6 nitrogen and oxygen atoms in total. The van der Waals surface area contributed by atoms with Gasteiger partial charge in [0, 0.05) is 17.1 Å². The minimum absolute atomic E-state index is 0.224. The number of para-hydroxylation sites is 1. The SMILES string of the molecule is COC(=O)C1=C(C)N(Cc2ccc(OC)cc2)C(=O)/C1=C/c1cc(C)n(-c2ccccc2F)c1C. The molecule has 0 saturated carbocycles. The third kappa shape index (κ3) is 4.37. The lowest BCUT2D eigenvalue weighted by Gasteiger charge is -2.18. The van der Waals surface area contributed by atoms with Gasteiger partial charge in [-0.15, -0.1) is 0 Å². The molecule has 7 heteroatoms. The van der Waals surface area contributed by atoms with Crippen molar-refractivity contribution in [3.63, 3.8) is 0 Å². The Morgan fingerprint density at radius 1 is 1.03 bits per heavy atom. The molecule has 0 bridgehead atoms. The van der Waals surface area contributed by atoms with Crippen LogP contribution in [0.3, 0.4) is 0 Å². The number of methoxy groups -OCH3 is 2. The molecule has 1 amide bonds.